The first-order chi connectivity index (χ1) is 27.8. The van der Waals surface area contributed by atoms with E-state index in [2.05, 4.69) is 16.0 Å². The fourth-order valence-corrected chi connectivity index (χ4v) is 8.79. The highest BCUT2D eigenvalue weighted by molar-refractivity contribution is 7.51. The van der Waals surface area contributed by atoms with Gasteiger partial charge in [-0.2, -0.15) is 0 Å². The number of halogens is 2. The molecule has 0 aromatic heterocycles. The molecule has 4 aliphatic heterocycles. The summed E-state index contributed by atoms with van der Waals surface area (Å²) in [5.74, 6) is -7.54. The third kappa shape index (κ3) is 11.7. The number of allylic oxidation sites excluding steroid dienone is 1. The Labute approximate surface area is 341 Å². The first-order valence-corrected chi connectivity index (χ1v) is 22.0. The SMILES string of the molecule is CCC/C=C/C(=O)N[C@@H](Cc1cc(F)cc(F)c1)C(=O)N[C@H]1COC(=O)C2C[C@@H](C)CN2C(=O)[C@H](C)NC(=O)[C@@H]2CCCCN2C(=O)[C@@H]2C[C@@H](OP(C)(=O)O)CN2C1=O. The van der Waals surface area contributed by atoms with Crippen LogP contribution in [0, 0.1) is 17.6 Å². The highest BCUT2D eigenvalue weighted by Crippen LogP contribution is 2.41. The summed E-state index contributed by atoms with van der Waals surface area (Å²) in [7, 11) is -4.17. The second-order valence-electron chi connectivity index (χ2n) is 15.8. The lowest BCUT2D eigenvalue weighted by Gasteiger charge is -2.39. The molecule has 4 aliphatic rings. The van der Waals surface area contributed by atoms with Crippen LogP contribution in [0.15, 0.2) is 30.4 Å². The maximum atomic E-state index is 14.7. The molecule has 20 heteroatoms. The number of fused-ring (bicyclic) bond motifs is 3. The first-order valence-electron chi connectivity index (χ1n) is 19.9. The van der Waals surface area contributed by atoms with Gasteiger partial charge < -0.3 is 44.8 Å². The third-order valence-electron chi connectivity index (χ3n) is 10.8. The zero-order valence-corrected chi connectivity index (χ0v) is 34.5. The van der Waals surface area contributed by atoms with Crippen LogP contribution >= 0.6 is 7.60 Å². The average Bonchev–Trinajstić information content (AvgIpc) is 3.76. The van der Waals surface area contributed by atoms with Crippen LogP contribution in [0.2, 0.25) is 0 Å². The Morgan fingerprint density at radius 3 is 2.36 bits per heavy atom. The van der Waals surface area contributed by atoms with Crippen molar-refractivity contribution in [2.75, 3.05) is 32.9 Å². The number of esters is 1. The zero-order chi connectivity index (χ0) is 43.2. The number of hydrogen-bond acceptors (Lipinski definition) is 10. The number of benzene rings is 1. The molecule has 0 spiro atoms. The van der Waals surface area contributed by atoms with Gasteiger partial charge in [0.2, 0.25) is 35.4 Å². The molecule has 59 heavy (non-hydrogen) atoms. The van der Waals surface area contributed by atoms with Gasteiger partial charge in [-0.3, -0.25) is 33.3 Å². The van der Waals surface area contributed by atoms with Crippen LogP contribution in [0.25, 0.3) is 0 Å². The molecule has 0 bridgehead atoms. The molecule has 1 aromatic rings. The van der Waals surface area contributed by atoms with Crippen LogP contribution in [0.3, 0.4) is 0 Å². The number of hydrogen-bond donors (Lipinski definition) is 4. The molecule has 324 valence electrons. The van der Waals surface area contributed by atoms with Crippen LogP contribution in [0.1, 0.15) is 71.3 Å². The van der Waals surface area contributed by atoms with Crippen LogP contribution in [-0.2, 0) is 53.8 Å². The van der Waals surface area contributed by atoms with Crippen LogP contribution in [0.4, 0.5) is 8.78 Å². The maximum absolute atomic E-state index is 14.7. The Balaban J connectivity index is 1.54. The van der Waals surface area contributed by atoms with Gasteiger partial charge in [-0.05, 0) is 68.7 Å². The van der Waals surface area contributed by atoms with Crippen LogP contribution < -0.4 is 16.0 Å². The van der Waals surface area contributed by atoms with Gasteiger partial charge in [-0.25, -0.2) is 13.6 Å². The van der Waals surface area contributed by atoms with Crippen molar-refractivity contribution in [3.63, 3.8) is 0 Å². The number of carbonyl (C=O) groups is 7. The van der Waals surface area contributed by atoms with Gasteiger partial charge in [-0.1, -0.05) is 26.3 Å². The average molecular weight is 851 g/mol. The van der Waals surface area contributed by atoms with E-state index in [-0.39, 0.29) is 43.8 Å². The van der Waals surface area contributed by atoms with Crippen molar-refractivity contribution in [1.82, 2.24) is 30.7 Å². The number of carbonyl (C=O) groups excluding carboxylic acids is 7. The lowest BCUT2D eigenvalue weighted by atomic mass is 9.99. The molecule has 4 saturated heterocycles. The summed E-state index contributed by atoms with van der Waals surface area (Å²) in [5, 5.41) is 7.70. The first kappa shape index (κ1) is 45.3. The monoisotopic (exact) mass is 850 g/mol. The fourth-order valence-electron chi connectivity index (χ4n) is 8.08. The largest absolute Gasteiger partial charge is 0.461 e. The zero-order valence-electron chi connectivity index (χ0n) is 33.6. The molecule has 4 N–H and O–H groups in total. The summed E-state index contributed by atoms with van der Waals surface area (Å²) in [6.07, 6.45) is 3.67. The van der Waals surface area contributed by atoms with Gasteiger partial charge in [0.15, 0.2) is 0 Å². The number of rotatable bonds is 10. The maximum Gasteiger partial charge on any atom is 0.328 e. The van der Waals surface area contributed by atoms with Gasteiger partial charge in [0, 0.05) is 45.2 Å². The number of cyclic esters (lactones) is 1. The number of nitrogens with one attached hydrogen (secondary N) is 3. The Hall–Kier alpha value is -4.74. The second kappa shape index (κ2) is 19.5. The normalized spacial score (nSPS) is 28.6. The molecule has 0 aliphatic carbocycles. The van der Waals surface area contributed by atoms with E-state index in [0.29, 0.717) is 25.3 Å². The van der Waals surface area contributed by atoms with Crippen molar-refractivity contribution in [3.05, 3.63) is 47.5 Å². The molecule has 9 atom stereocenters. The third-order valence-corrected chi connectivity index (χ3v) is 11.5. The fraction of sp³-hybridized carbons (Fsp3) is 0.615. The van der Waals surface area contributed by atoms with Crippen molar-refractivity contribution in [3.8, 4) is 0 Å². The summed E-state index contributed by atoms with van der Waals surface area (Å²) < 4.78 is 51.9. The van der Waals surface area contributed by atoms with E-state index in [0.717, 1.165) is 30.1 Å². The predicted molar refractivity (Wildman–Crippen MR) is 206 cm³/mol. The van der Waals surface area contributed by atoms with E-state index >= 15 is 0 Å². The van der Waals surface area contributed by atoms with Crippen molar-refractivity contribution < 1.29 is 61.1 Å². The molecular formula is C39H53F2N6O11P. The van der Waals surface area contributed by atoms with Crippen molar-refractivity contribution in [2.45, 2.75) is 114 Å². The number of ether oxygens (including phenoxy) is 1. The summed E-state index contributed by atoms with van der Waals surface area (Å²) in [4.78, 5) is 111. The minimum Gasteiger partial charge on any atom is -0.461 e. The molecule has 4 fully saturated rings. The Morgan fingerprint density at radius 1 is 0.983 bits per heavy atom. The molecular weight excluding hydrogens is 797 g/mol. The van der Waals surface area contributed by atoms with E-state index in [9.17, 15) is 51.8 Å². The summed E-state index contributed by atoms with van der Waals surface area (Å²) in [6, 6.07) is -5.35. The lowest BCUT2D eigenvalue weighted by molar-refractivity contribution is -0.158. The summed E-state index contributed by atoms with van der Waals surface area (Å²) in [5.41, 5.74) is -0.0103. The minimum absolute atomic E-state index is 0.0103. The molecule has 6 amide bonds. The van der Waals surface area contributed by atoms with Crippen molar-refractivity contribution >= 4 is 49.0 Å². The Kier molecular flexibility index (Phi) is 15.0. The topological polar surface area (TPSA) is 221 Å². The Bertz CT molecular complexity index is 1860. The quantitative estimate of drug-likeness (QED) is 0.149. The Morgan fingerprint density at radius 2 is 1.68 bits per heavy atom. The highest BCUT2D eigenvalue weighted by Gasteiger charge is 2.49. The van der Waals surface area contributed by atoms with Gasteiger partial charge in [0.25, 0.3) is 0 Å². The van der Waals surface area contributed by atoms with E-state index in [4.69, 9.17) is 9.26 Å². The predicted octanol–water partition coefficient (Wildman–Crippen LogP) is 1.31. The van der Waals surface area contributed by atoms with Gasteiger partial charge >= 0.3 is 13.6 Å². The molecule has 0 radical (unpaired) electrons. The van der Waals surface area contributed by atoms with Crippen LogP contribution in [-0.4, -0.2) is 136 Å². The molecule has 1 aromatic carbocycles. The number of piperidine rings is 1. The van der Waals surface area contributed by atoms with Gasteiger partial charge in [0.05, 0.1) is 6.10 Å². The number of amides is 6. The molecule has 17 nitrogen and oxygen atoms in total. The van der Waals surface area contributed by atoms with Crippen molar-refractivity contribution in [2.24, 2.45) is 5.92 Å². The van der Waals surface area contributed by atoms with E-state index < -0.39 is 123 Å². The smallest absolute Gasteiger partial charge is 0.328 e. The standard InChI is InChI=1S/C39H53F2N6O11P/c1-5-6-7-11-33(48)43-28(16-24-14-25(40)17-26(41)15-24)34(49)44-29-21-57-39(54)32-13-22(2)19-46(32)36(51)23(3)42-35(50)30-10-8-9-12-45(30)38(53)31-18-27(58-59(4,55)56)20-47(31)37(29)52/h7,11,14-15,17,22-23,27-32H,5-6,8-10,12-13,16,18-21H2,1-4H3,(H,42,50)(H,43,48)(H,44,49)(H,55,56)/b11-7+/t22-,23+,27-,28+,29+,30+,31+,32?/m1/s1. The van der Waals surface area contributed by atoms with Crippen molar-refractivity contribution in [1.29, 1.82) is 0 Å². The van der Waals surface area contributed by atoms with E-state index in [1.165, 1.54) is 22.8 Å². The van der Waals surface area contributed by atoms with Crippen LogP contribution in [0.5, 0.6) is 0 Å². The number of nitrogens with zero attached hydrogens (tertiary/aromatic N) is 3. The van der Waals surface area contributed by atoms with E-state index in [1.807, 2.05) is 13.8 Å². The molecule has 2 unspecified atom stereocenters. The second-order valence-corrected chi connectivity index (χ2v) is 17.6. The molecule has 5 rings (SSSR count). The van der Waals surface area contributed by atoms with Gasteiger partial charge in [0.1, 0.15) is 54.5 Å². The molecule has 0 saturated carbocycles. The molecule has 4 heterocycles. The summed E-state index contributed by atoms with van der Waals surface area (Å²) >= 11 is 0. The lowest BCUT2D eigenvalue weighted by Crippen LogP contribution is -2.62. The highest BCUT2D eigenvalue weighted by atomic mass is 31.2. The number of unbranched alkanes of at least 4 members (excludes halogenated alkanes) is 1. The summed E-state index contributed by atoms with van der Waals surface area (Å²) in [6.45, 7) is 5.16. The van der Waals surface area contributed by atoms with E-state index in [1.54, 1.807) is 6.08 Å². The minimum atomic E-state index is -4.17. The van der Waals surface area contributed by atoms with Gasteiger partial charge in [-0.15, -0.1) is 0 Å².